The topological polar surface area (TPSA) is 52.6 Å². The molecule has 2 atom stereocenters. The molecule has 19 heavy (non-hydrogen) atoms. The molecule has 0 bridgehead atoms. The van der Waals surface area contributed by atoms with Crippen molar-refractivity contribution in [1.82, 2.24) is 4.90 Å². The minimum Gasteiger partial charge on any atom is -0.393 e. The Hall–Kier alpha value is -1.10. The lowest BCUT2D eigenvalue weighted by atomic mass is 10.0. The van der Waals surface area contributed by atoms with Crippen LogP contribution in [0.2, 0.25) is 5.02 Å². The summed E-state index contributed by atoms with van der Waals surface area (Å²) in [5, 5.41) is 13.0. The number of hydrogen-bond donors (Lipinski definition) is 2. The Morgan fingerprint density at radius 2 is 2.42 bits per heavy atom. The van der Waals surface area contributed by atoms with Crippen molar-refractivity contribution in [3.05, 3.63) is 29.3 Å². The second-order valence-corrected chi connectivity index (χ2v) is 5.52. The third-order valence-corrected chi connectivity index (χ3v) is 3.70. The second kappa shape index (κ2) is 6.37. The van der Waals surface area contributed by atoms with E-state index in [1.165, 1.54) is 0 Å². The molecule has 1 heterocycles. The summed E-state index contributed by atoms with van der Waals surface area (Å²) in [4.78, 5) is 14.0. The van der Waals surface area contributed by atoms with E-state index in [4.69, 9.17) is 11.6 Å². The highest BCUT2D eigenvalue weighted by atomic mass is 35.5. The smallest absolute Gasteiger partial charge is 0.238 e. The van der Waals surface area contributed by atoms with Crippen molar-refractivity contribution in [2.75, 3.05) is 25.0 Å². The zero-order valence-corrected chi connectivity index (χ0v) is 11.7. The highest BCUT2D eigenvalue weighted by Crippen LogP contribution is 2.19. The van der Waals surface area contributed by atoms with Crippen LogP contribution < -0.4 is 5.32 Å². The molecule has 1 amide bonds. The predicted octanol–water partition coefficient (Wildman–Crippen LogP) is 1.98. The first-order chi connectivity index (χ1) is 9.04. The van der Waals surface area contributed by atoms with Crippen LogP contribution in [0.3, 0.4) is 0 Å². The second-order valence-electron chi connectivity index (χ2n) is 5.08. The Balaban J connectivity index is 1.82. The van der Waals surface area contributed by atoms with E-state index in [-0.39, 0.29) is 17.9 Å². The van der Waals surface area contributed by atoms with Gasteiger partial charge >= 0.3 is 0 Å². The number of carbonyl (C=O) groups excluding carboxylic acids is 1. The molecule has 0 aliphatic carbocycles. The molecule has 2 rings (SSSR count). The number of aliphatic hydroxyl groups is 1. The van der Waals surface area contributed by atoms with Gasteiger partial charge in [0, 0.05) is 17.3 Å². The molecule has 0 aromatic heterocycles. The van der Waals surface area contributed by atoms with Crippen molar-refractivity contribution in [2.45, 2.75) is 19.4 Å². The lowest BCUT2D eigenvalue weighted by Gasteiger charge is -2.17. The largest absolute Gasteiger partial charge is 0.393 e. The maximum Gasteiger partial charge on any atom is 0.238 e. The van der Waals surface area contributed by atoms with Crippen molar-refractivity contribution < 1.29 is 9.90 Å². The summed E-state index contributed by atoms with van der Waals surface area (Å²) >= 11 is 5.86. The van der Waals surface area contributed by atoms with E-state index < -0.39 is 0 Å². The zero-order chi connectivity index (χ0) is 13.8. The van der Waals surface area contributed by atoms with Crippen LogP contribution in [-0.4, -0.2) is 41.7 Å². The molecular weight excluding hydrogens is 264 g/mol. The van der Waals surface area contributed by atoms with Gasteiger partial charge in [0.1, 0.15) is 0 Å². The van der Waals surface area contributed by atoms with Gasteiger partial charge in [-0.15, -0.1) is 0 Å². The van der Waals surface area contributed by atoms with E-state index in [2.05, 4.69) is 10.2 Å². The number of nitrogens with one attached hydrogen (secondary N) is 1. The van der Waals surface area contributed by atoms with Gasteiger partial charge in [0.25, 0.3) is 0 Å². The Morgan fingerprint density at radius 1 is 1.63 bits per heavy atom. The first kappa shape index (κ1) is 14.3. The summed E-state index contributed by atoms with van der Waals surface area (Å²) in [6.07, 6.45) is 0.642. The van der Waals surface area contributed by atoms with E-state index >= 15 is 0 Å². The normalized spacial score (nSPS) is 21.3. The molecule has 1 aliphatic rings. The number of nitrogens with zero attached hydrogens (tertiary/aromatic N) is 1. The number of benzene rings is 1. The molecule has 5 heteroatoms. The SMILES string of the molecule is CC(O)C1CCN(CC(=O)Nc2cccc(Cl)c2)C1. The highest BCUT2D eigenvalue weighted by molar-refractivity contribution is 6.30. The van der Waals surface area contributed by atoms with Gasteiger partial charge in [-0.05, 0) is 44.0 Å². The van der Waals surface area contributed by atoms with E-state index in [0.717, 1.165) is 19.5 Å². The lowest BCUT2D eigenvalue weighted by Crippen LogP contribution is -2.32. The fourth-order valence-electron chi connectivity index (χ4n) is 2.37. The van der Waals surface area contributed by atoms with Gasteiger partial charge in [0.05, 0.1) is 12.6 Å². The van der Waals surface area contributed by atoms with Crippen LogP contribution in [-0.2, 0) is 4.79 Å². The number of halogens is 1. The Bertz CT molecular complexity index is 451. The standard InChI is InChI=1S/C14H19ClN2O2/c1-10(18)11-5-6-17(8-11)9-14(19)16-13-4-2-3-12(15)7-13/h2-4,7,10-11,18H,5-6,8-9H2,1H3,(H,16,19). The van der Waals surface area contributed by atoms with E-state index in [0.29, 0.717) is 17.3 Å². The third-order valence-electron chi connectivity index (χ3n) is 3.47. The third kappa shape index (κ3) is 4.20. The Morgan fingerprint density at radius 3 is 3.05 bits per heavy atom. The van der Waals surface area contributed by atoms with Crippen LogP contribution in [0, 0.1) is 5.92 Å². The van der Waals surface area contributed by atoms with Crippen molar-refractivity contribution in [2.24, 2.45) is 5.92 Å². The summed E-state index contributed by atoms with van der Waals surface area (Å²) in [6.45, 7) is 3.80. The number of aliphatic hydroxyl groups excluding tert-OH is 1. The van der Waals surface area contributed by atoms with Crippen LogP contribution in [0.4, 0.5) is 5.69 Å². The molecular formula is C14H19ClN2O2. The maximum absolute atomic E-state index is 11.9. The average molecular weight is 283 g/mol. The van der Waals surface area contributed by atoms with Crippen molar-refractivity contribution in [1.29, 1.82) is 0 Å². The predicted molar refractivity (Wildman–Crippen MR) is 76.3 cm³/mol. The molecule has 1 aromatic rings. The zero-order valence-electron chi connectivity index (χ0n) is 11.0. The molecule has 0 saturated carbocycles. The van der Waals surface area contributed by atoms with Crippen molar-refractivity contribution in [3.8, 4) is 0 Å². The fraction of sp³-hybridized carbons (Fsp3) is 0.500. The number of anilines is 1. The van der Waals surface area contributed by atoms with Gasteiger partial charge in [-0.2, -0.15) is 0 Å². The lowest BCUT2D eigenvalue weighted by molar-refractivity contribution is -0.117. The molecule has 1 aromatic carbocycles. The van der Waals surface area contributed by atoms with Gasteiger partial charge in [-0.3, -0.25) is 9.69 Å². The molecule has 0 spiro atoms. The number of likely N-dealkylation sites (tertiary alicyclic amines) is 1. The molecule has 1 fully saturated rings. The van der Waals surface area contributed by atoms with E-state index in [9.17, 15) is 9.90 Å². The summed E-state index contributed by atoms with van der Waals surface area (Å²) in [6, 6.07) is 7.11. The number of carbonyl (C=O) groups is 1. The number of hydrogen-bond acceptors (Lipinski definition) is 3. The summed E-state index contributed by atoms with van der Waals surface area (Å²) in [5.74, 6) is 0.229. The van der Waals surface area contributed by atoms with Gasteiger partial charge in [0.2, 0.25) is 5.91 Å². The minimum absolute atomic E-state index is 0.0477. The van der Waals surface area contributed by atoms with Crippen LogP contribution in [0.25, 0.3) is 0 Å². The minimum atomic E-state index is -0.305. The van der Waals surface area contributed by atoms with Gasteiger partial charge in [-0.1, -0.05) is 17.7 Å². The van der Waals surface area contributed by atoms with Crippen LogP contribution in [0.5, 0.6) is 0 Å². The van der Waals surface area contributed by atoms with Gasteiger partial charge in [-0.25, -0.2) is 0 Å². The van der Waals surface area contributed by atoms with E-state index in [1.807, 2.05) is 6.07 Å². The molecule has 0 radical (unpaired) electrons. The quantitative estimate of drug-likeness (QED) is 0.888. The molecule has 104 valence electrons. The summed E-state index contributed by atoms with van der Waals surface area (Å²) < 4.78 is 0. The van der Waals surface area contributed by atoms with Gasteiger partial charge < -0.3 is 10.4 Å². The highest BCUT2D eigenvalue weighted by Gasteiger charge is 2.26. The number of amides is 1. The Kier molecular flexibility index (Phi) is 4.80. The van der Waals surface area contributed by atoms with Crippen LogP contribution in [0.1, 0.15) is 13.3 Å². The first-order valence-electron chi connectivity index (χ1n) is 6.50. The van der Waals surface area contributed by atoms with Crippen molar-refractivity contribution in [3.63, 3.8) is 0 Å². The maximum atomic E-state index is 11.9. The summed E-state index contributed by atoms with van der Waals surface area (Å²) in [5.41, 5.74) is 0.712. The first-order valence-corrected chi connectivity index (χ1v) is 6.88. The average Bonchev–Trinajstić information content (AvgIpc) is 2.77. The van der Waals surface area contributed by atoms with Crippen LogP contribution >= 0.6 is 11.6 Å². The van der Waals surface area contributed by atoms with Crippen LogP contribution in [0.15, 0.2) is 24.3 Å². The molecule has 2 unspecified atom stereocenters. The monoisotopic (exact) mass is 282 g/mol. The molecule has 1 saturated heterocycles. The van der Waals surface area contributed by atoms with E-state index in [1.54, 1.807) is 25.1 Å². The number of rotatable bonds is 4. The van der Waals surface area contributed by atoms with Crippen molar-refractivity contribution >= 4 is 23.2 Å². The fourth-order valence-corrected chi connectivity index (χ4v) is 2.56. The molecule has 1 aliphatic heterocycles. The molecule has 4 nitrogen and oxygen atoms in total. The summed E-state index contributed by atoms with van der Waals surface area (Å²) in [7, 11) is 0. The molecule has 2 N–H and O–H groups in total. The Labute approximate surface area is 118 Å². The van der Waals surface area contributed by atoms with Gasteiger partial charge in [0.15, 0.2) is 0 Å².